The van der Waals surface area contributed by atoms with Crippen LogP contribution in [0, 0.1) is 0 Å². The minimum Gasteiger partial charge on any atom is -1.00 e. The monoisotopic (exact) mass is 94.0 g/mol. The summed E-state index contributed by atoms with van der Waals surface area (Å²) in [5.74, 6) is -0.468. The predicted octanol–water partition coefficient (Wildman–Crippen LogP) is -3.25. The maximum atomic E-state index is 9.47. The molecule has 0 saturated carbocycles. The summed E-state index contributed by atoms with van der Waals surface area (Å²) in [6.45, 7) is 1.24. The summed E-state index contributed by atoms with van der Waals surface area (Å²) in [5.41, 5.74) is 0. The molecule has 0 fully saturated rings. The average Bonchev–Trinajstić information content (AvgIpc) is 1.38. The summed E-state index contributed by atoms with van der Waals surface area (Å²) in [4.78, 5) is 9.47. The van der Waals surface area contributed by atoms with Crippen molar-refractivity contribution in [2.75, 3.05) is 0 Å². The van der Waals surface area contributed by atoms with Gasteiger partial charge in [0.1, 0.15) is 0 Å². The van der Waals surface area contributed by atoms with Gasteiger partial charge in [-0.25, -0.2) is 0 Å². The van der Waals surface area contributed by atoms with E-state index in [0.29, 0.717) is 0 Å². The largest absolute Gasteiger partial charge is 1.00 e. The molecule has 0 aromatic heterocycles. The van der Waals surface area contributed by atoms with Crippen molar-refractivity contribution in [2.24, 2.45) is 0 Å². The van der Waals surface area contributed by atoms with E-state index in [-0.39, 0.29) is 31.0 Å². The molecule has 0 saturated heterocycles. The first-order chi connectivity index (χ1) is 2.27. The molecule has 0 aromatic carbocycles. The minimum absolute atomic E-state index is 0. The quantitative estimate of drug-likeness (QED) is 0.294. The summed E-state index contributed by atoms with van der Waals surface area (Å²) in [6, 6.07) is 0. The van der Waals surface area contributed by atoms with E-state index in [1.165, 1.54) is 6.92 Å². The zero-order valence-corrected chi connectivity index (χ0v) is 5.89. The normalized spacial score (nSPS) is 5.50. The standard InChI is InChI=1S/C2H3BO2.Na.H/c1-2(4)5-3;;/h1H3;;/q;+1;-1. The molecule has 0 atom stereocenters. The fourth-order valence-electron chi connectivity index (χ4n) is 0. The molecule has 0 aromatic rings. The molecule has 28 valence electrons. The van der Waals surface area contributed by atoms with Crippen LogP contribution in [0.1, 0.15) is 8.35 Å². The molecule has 0 bridgehead atoms. The molecular formula is C2H4BNaO2. The van der Waals surface area contributed by atoms with Crippen LogP contribution in [0.15, 0.2) is 0 Å². The molecule has 6 heavy (non-hydrogen) atoms. The Morgan fingerprint density at radius 3 is 2.17 bits per heavy atom. The van der Waals surface area contributed by atoms with Crippen molar-refractivity contribution >= 4 is 14.0 Å². The van der Waals surface area contributed by atoms with E-state index < -0.39 is 5.97 Å². The van der Waals surface area contributed by atoms with Crippen molar-refractivity contribution in [3.05, 3.63) is 0 Å². The van der Waals surface area contributed by atoms with Crippen LogP contribution in [-0.2, 0) is 9.45 Å². The van der Waals surface area contributed by atoms with Gasteiger partial charge in [-0.15, -0.1) is 0 Å². The van der Waals surface area contributed by atoms with Crippen LogP contribution in [0.5, 0.6) is 0 Å². The van der Waals surface area contributed by atoms with Gasteiger partial charge in [-0.2, -0.15) is 0 Å². The molecule has 0 rings (SSSR count). The maximum absolute atomic E-state index is 9.47. The number of carbonyl (C=O) groups is 1. The Labute approximate surface area is 61.5 Å². The molecule has 0 amide bonds. The summed E-state index contributed by atoms with van der Waals surface area (Å²) in [5, 5.41) is 0. The van der Waals surface area contributed by atoms with Gasteiger partial charge in [0.15, 0.2) is 0 Å². The van der Waals surface area contributed by atoms with E-state index in [1.54, 1.807) is 0 Å². The zero-order chi connectivity index (χ0) is 4.28. The predicted molar refractivity (Wildman–Crippen MR) is 18.6 cm³/mol. The van der Waals surface area contributed by atoms with Crippen molar-refractivity contribution < 1.29 is 40.4 Å². The number of carbonyl (C=O) groups excluding carboxylic acids is 1. The summed E-state index contributed by atoms with van der Waals surface area (Å²) in [7, 11) is 4.32. The maximum Gasteiger partial charge on any atom is 1.00 e. The Morgan fingerprint density at radius 1 is 2.00 bits per heavy atom. The third kappa shape index (κ3) is 8.82. The van der Waals surface area contributed by atoms with Gasteiger partial charge in [0.05, 0.1) is 0 Å². The van der Waals surface area contributed by atoms with Crippen LogP contribution in [0.2, 0.25) is 0 Å². The molecule has 0 N–H and O–H groups in total. The van der Waals surface area contributed by atoms with E-state index in [1.807, 2.05) is 0 Å². The number of hydrogen-bond donors (Lipinski definition) is 0. The van der Waals surface area contributed by atoms with E-state index in [0.717, 1.165) is 0 Å². The number of hydrogen-bond acceptors (Lipinski definition) is 2. The Kier molecular flexibility index (Phi) is 8.98. The average molecular weight is 93.9 g/mol. The molecule has 2 radical (unpaired) electrons. The second kappa shape index (κ2) is 5.53. The Balaban J connectivity index is -0.0000000800. The first kappa shape index (κ1) is 9.73. The van der Waals surface area contributed by atoms with E-state index in [9.17, 15) is 4.79 Å². The van der Waals surface area contributed by atoms with E-state index in [4.69, 9.17) is 0 Å². The second-order valence-corrected chi connectivity index (χ2v) is 0.609. The van der Waals surface area contributed by atoms with Crippen molar-refractivity contribution in [1.29, 1.82) is 0 Å². The van der Waals surface area contributed by atoms with Gasteiger partial charge >= 0.3 is 37.6 Å². The third-order valence-corrected chi connectivity index (χ3v) is 0.166. The van der Waals surface area contributed by atoms with E-state index >= 15 is 0 Å². The fourth-order valence-corrected chi connectivity index (χ4v) is 0. The van der Waals surface area contributed by atoms with Gasteiger partial charge in [0.25, 0.3) is 5.97 Å². The molecule has 0 spiro atoms. The molecule has 4 heteroatoms. The molecule has 0 unspecified atom stereocenters. The molecule has 2 nitrogen and oxygen atoms in total. The number of rotatable bonds is 0. The third-order valence-electron chi connectivity index (χ3n) is 0.166. The van der Waals surface area contributed by atoms with Crippen molar-refractivity contribution in [1.82, 2.24) is 0 Å². The van der Waals surface area contributed by atoms with E-state index in [2.05, 4.69) is 12.7 Å². The minimum atomic E-state index is -0.468. The zero-order valence-electron chi connectivity index (χ0n) is 4.89. The van der Waals surface area contributed by atoms with Crippen molar-refractivity contribution in [3.63, 3.8) is 0 Å². The van der Waals surface area contributed by atoms with Gasteiger partial charge in [0.2, 0.25) is 0 Å². The molecule has 0 aliphatic carbocycles. The van der Waals surface area contributed by atoms with Crippen molar-refractivity contribution in [2.45, 2.75) is 6.92 Å². The Morgan fingerprint density at radius 2 is 2.17 bits per heavy atom. The van der Waals surface area contributed by atoms with Gasteiger partial charge in [-0.1, -0.05) is 0 Å². The topological polar surface area (TPSA) is 26.3 Å². The van der Waals surface area contributed by atoms with Crippen LogP contribution < -0.4 is 29.6 Å². The smallest absolute Gasteiger partial charge is 1.00 e. The Hall–Kier alpha value is 0.535. The van der Waals surface area contributed by atoms with Crippen LogP contribution in [-0.4, -0.2) is 14.0 Å². The van der Waals surface area contributed by atoms with Gasteiger partial charge in [0, 0.05) is 6.92 Å². The first-order valence-electron chi connectivity index (χ1n) is 1.14. The molecule has 0 aliphatic rings. The summed E-state index contributed by atoms with van der Waals surface area (Å²) < 4.78 is 3.61. The van der Waals surface area contributed by atoms with Crippen LogP contribution in [0.4, 0.5) is 0 Å². The van der Waals surface area contributed by atoms with Gasteiger partial charge < -0.3 is 6.08 Å². The van der Waals surface area contributed by atoms with Crippen LogP contribution in [0.3, 0.4) is 0 Å². The summed E-state index contributed by atoms with van der Waals surface area (Å²) >= 11 is 0. The SMILES string of the molecule is [B]OC(C)=O.[H-].[Na+]. The van der Waals surface area contributed by atoms with Gasteiger partial charge in [-0.3, -0.25) is 4.79 Å². The first-order valence-corrected chi connectivity index (χ1v) is 1.14. The summed E-state index contributed by atoms with van der Waals surface area (Å²) in [6.07, 6.45) is 0. The fraction of sp³-hybridized carbons (Fsp3) is 0.500. The van der Waals surface area contributed by atoms with Gasteiger partial charge in [-0.05, 0) is 0 Å². The molecule has 0 aliphatic heterocycles. The van der Waals surface area contributed by atoms with Crippen LogP contribution >= 0.6 is 0 Å². The molecule has 0 heterocycles. The second-order valence-electron chi connectivity index (χ2n) is 0.609. The van der Waals surface area contributed by atoms with Crippen molar-refractivity contribution in [3.8, 4) is 0 Å². The Bertz CT molecular complexity index is 51.0. The molecular weight excluding hydrogens is 89.8 g/mol. The van der Waals surface area contributed by atoms with Crippen LogP contribution in [0.25, 0.3) is 0 Å².